The Labute approximate surface area is 142 Å². The minimum atomic E-state index is -1.81. The molecule has 0 fully saturated rings. The van der Waals surface area contributed by atoms with E-state index in [0.29, 0.717) is 13.1 Å². The average Bonchev–Trinajstić information content (AvgIpc) is 3.07. The van der Waals surface area contributed by atoms with E-state index in [1.165, 1.54) is 22.9 Å². The van der Waals surface area contributed by atoms with Crippen molar-refractivity contribution in [3.63, 3.8) is 0 Å². The number of nitrogens with one attached hydrogen (secondary N) is 1. The maximum absolute atomic E-state index is 14.2. The lowest BCUT2D eigenvalue weighted by Crippen LogP contribution is -2.23. The molecule has 0 aliphatic rings. The summed E-state index contributed by atoms with van der Waals surface area (Å²) in [4.78, 5) is 0. The van der Waals surface area contributed by atoms with Crippen LogP contribution in [0.2, 0.25) is 0 Å². The number of hydrogen-bond acceptors (Lipinski definition) is 1. The SMILES string of the molecule is C=C[C@@H](CNCc1ccccc1)n1ccc2c(F)c(F)c(F)c(F)c21. The fourth-order valence-electron chi connectivity index (χ4n) is 2.80. The number of aromatic nitrogens is 1. The van der Waals surface area contributed by atoms with Crippen LogP contribution in [0, 0.1) is 23.3 Å². The smallest absolute Gasteiger partial charge is 0.199 e. The lowest BCUT2D eigenvalue weighted by molar-refractivity contribution is 0.415. The van der Waals surface area contributed by atoms with Gasteiger partial charge in [0.1, 0.15) is 0 Å². The summed E-state index contributed by atoms with van der Waals surface area (Å²) in [5.41, 5.74) is 0.746. The molecule has 0 saturated carbocycles. The van der Waals surface area contributed by atoms with Crippen LogP contribution in [0.5, 0.6) is 0 Å². The highest BCUT2D eigenvalue weighted by Crippen LogP contribution is 2.29. The van der Waals surface area contributed by atoms with Crippen LogP contribution < -0.4 is 5.32 Å². The van der Waals surface area contributed by atoms with Crippen molar-refractivity contribution >= 4 is 10.9 Å². The van der Waals surface area contributed by atoms with Gasteiger partial charge in [0.05, 0.1) is 11.6 Å². The number of benzene rings is 2. The largest absolute Gasteiger partial charge is 0.337 e. The molecule has 0 bridgehead atoms. The van der Waals surface area contributed by atoms with Crippen molar-refractivity contribution < 1.29 is 17.6 Å². The van der Waals surface area contributed by atoms with Gasteiger partial charge in [0.25, 0.3) is 0 Å². The van der Waals surface area contributed by atoms with Crippen LogP contribution in [0.3, 0.4) is 0 Å². The van der Waals surface area contributed by atoms with Crippen LogP contribution in [0.4, 0.5) is 17.6 Å². The molecule has 3 rings (SSSR count). The highest BCUT2D eigenvalue weighted by atomic mass is 19.2. The molecule has 0 aliphatic carbocycles. The van der Waals surface area contributed by atoms with Gasteiger partial charge >= 0.3 is 0 Å². The van der Waals surface area contributed by atoms with E-state index >= 15 is 0 Å². The van der Waals surface area contributed by atoms with Crippen LogP contribution in [-0.2, 0) is 6.54 Å². The van der Waals surface area contributed by atoms with E-state index in [-0.39, 0.29) is 10.9 Å². The summed E-state index contributed by atoms with van der Waals surface area (Å²) in [5.74, 6) is -6.42. The van der Waals surface area contributed by atoms with E-state index in [4.69, 9.17) is 0 Å². The highest BCUT2D eigenvalue weighted by Gasteiger charge is 2.24. The summed E-state index contributed by atoms with van der Waals surface area (Å²) in [7, 11) is 0. The summed E-state index contributed by atoms with van der Waals surface area (Å²) in [6, 6.07) is 10.4. The second kappa shape index (κ2) is 7.11. The topological polar surface area (TPSA) is 17.0 Å². The monoisotopic (exact) mass is 348 g/mol. The Bertz CT molecular complexity index is 903. The minimum Gasteiger partial charge on any atom is -0.337 e. The summed E-state index contributed by atoms with van der Waals surface area (Å²) in [5, 5.41) is 2.89. The minimum absolute atomic E-state index is 0.300. The normalized spacial score (nSPS) is 12.5. The number of fused-ring (bicyclic) bond motifs is 1. The van der Waals surface area contributed by atoms with E-state index in [0.717, 1.165) is 5.56 Å². The number of rotatable bonds is 6. The maximum Gasteiger partial charge on any atom is 0.199 e. The van der Waals surface area contributed by atoms with Crippen molar-refractivity contribution in [2.75, 3.05) is 6.54 Å². The number of nitrogens with zero attached hydrogens (tertiary/aromatic N) is 1. The van der Waals surface area contributed by atoms with Gasteiger partial charge in [-0.3, -0.25) is 0 Å². The molecular formula is C19H16F4N2. The van der Waals surface area contributed by atoms with Gasteiger partial charge in [-0.15, -0.1) is 6.58 Å². The molecule has 0 radical (unpaired) electrons. The van der Waals surface area contributed by atoms with Crippen LogP contribution in [-0.4, -0.2) is 11.1 Å². The second-order valence-corrected chi connectivity index (χ2v) is 5.66. The Hall–Kier alpha value is -2.60. The predicted molar refractivity (Wildman–Crippen MR) is 89.2 cm³/mol. The fourth-order valence-corrected chi connectivity index (χ4v) is 2.80. The van der Waals surface area contributed by atoms with Crippen molar-refractivity contribution in [2.24, 2.45) is 0 Å². The number of halogens is 4. The van der Waals surface area contributed by atoms with E-state index in [1.54, 1.807) is 0 Å². The molecule has 1 aromatic heterocycles. The van der Waals surface area contributed by atoms with E-state index in [9.17, 15) is 17.6 Å². The lowest BCUT2D eigenvalue weighted by Gasteiger charge is -2.18. The molecule has 6 heteroatoms. The standard InChI is InChI=1S/C19H16F4N2/c1-2-13(11-24-10-12-6-4-3-5-7-12)25-9-8-14-15(20)16(21)17(22)18(23)19(14)25/h2-9,13,24H,1,10-11H2/t13-/m0/s1. The zero-order valence-corrected chi connectivity index (χ0v) is 13.3. The van der Waals surface area contributed by atoms with Gasteiger partial charge in [-0.25, -0.2) is 17.6 Å². The summed E-state index contributed by atoms with van der Waals surface area (Å²) in [6.07, 6.45) is 2.93. The molecule has 0 unspecified atom stereocenters. The van der Waals surface area contributed by atoms with Gasteiger partial charge in [-0.1, -0.05) is 36.4 Å². The molecule has 3 aromatic rings. The van der Waals surface area contributed by atoms with Gasteiger partial charge in [0.15, 0.2) is 23.3 Å². The molecule has 130 valence electrons. The number of hydrogen-bond donors (Lipinski definition) is 1. The quantitative estimate of drug-likeness (QED) is 0.295. The van der Waals surface area contributed by atoms with Crippen LogP contribution >= 0.6 is 0 Å². The second-order valence-electron chi connectivity index (χ2n) is 5.66. The first-order valence-corrected chi connectivity index (χ1v) is 7.74. The van der Waals surface area contributed by atoms with Crippen molar-refractivity contribution in [1.29, 1.82) is 0 Å². The highest BCUT2D eigenvalue weighted by molar-refractivity contribution is 5.82. The fraction of sp³-hybridized carbons (Fsp3) is 0.158. The third kappa shape index (κ3) is 3.17. The van der Waals surface area contributed by atoms with Gasteiger partial charge in [0, 0.05) is 24.7 Å². The molecule has 2 nitrogen and oxygen atoms in total. The lowest BCUT2D eigenvalue weighted by atomic mass is 10.2. The molecule has 1 heterocycles. The predicted octanol–water partition coefficient (Wildman–Crippen LogP) is 4.71. The molecule has 25 heavy (non-hydrogen) atoms. The maximum atomic E-state index is 14.2. The summed E-state index contributed by atoms with van der Waals surface area (Å²) in [6.45, 7) is 4.63. The molecule has 2 aromatic carbocycles. The van der Waals surface area contributed by atoms with Crippen molar-refractivity contribution in [3.05, 3.63) is 84.1 Å². The average molecular weight is 348 g/mol. The molecule has 1 atom stereocenters. The van der Waals surface area contributed by atoms with Gasteiger partial charge < -0.3 is 9.88 Å². The molecule has 0 saturated heterocycles. The summed E-state index contributed by atoms with van der Waals surface area (Å²) < 4.78 is 56.3. The molecule has 0 aliphatic heterocycles. The molecule has 1 N–H and O–H groups in total. The van der Waals surface area contributed by atoms with Crippen molar-refractivity contribution in [3.8, 4) is 0 Å². The molecular weight excluding hydrogens is 332 g/mol. The zero-order valence-electron chi connectivity index (χ0n) is 13.3. The Morgan fingerprint density at radius 1 is 0.960 bits per heavy atom. The van der Waals surface area contributed by atoms with Crippen LogP contribution in [0.1, 0.15) is 11.6 Å². The third-order valence-corrected chi connectivity index (χ3v) is 4.09. The van der Waals surface area contributed by atoms with E-state index in [2.05, 4.69) is 11.9 Å². The summed E-state index contributed by atoms with van der Waals surface area (Å²) >= 11 is 0. The Balaban J connectivity index is 1.87. The van der Waals surface area contributed by atoms with Gasteiger partial charge in [-0.05, 0) is 11.6 Å². The zero-order chi connectivity index (χ0) is 18.0. The Kier molecular flexibility index (Phi) is 4.90. The third-order valence-electron chi connectivity index (χ3n) is 4.09. The van der Waals surface area contributed by atoms with E-state index < -0.39 is 29.3 Å². The Morgan fingerprint density at radius 2 is 1.64 bits per heavy atom. The first kappa shape index (κ1) is 17.2. The Morgan fingerprint density at radius 3 is 2.32 bits per heavy atom. The van der Waals surface area contributed by atoms with Crippen molar-refractivity contribution in [1.82, 2.24) is 9.88 Å². The van der Waals surface area contributed by atoms with Gasteiger partial charge in [-0.2, -0.15) is 0 Å². The molecule has 0 spiro atoms. The van der Waals surface area contributed by atoms with Gasteiger partial charge in [0.2, 0.25) is 0 Å². The van der Waals surface area contributed by atoms with Crippen LogP contribution in [0.15, 0.2) is 55.3 Å². The van der Waals surface area contributed by atoms with Crippen LogP contribution in [0.25, 0.3) is 10.9 Å². The molecule has 0 amide bonds. The first-order chi connectivity index (χ1) is 12.0. The first-order valence-electron chi connectivity index (χ1n) is 7.74. The van der Waals surface area contributed by atoms with Crippen molar-refractivity contribution in [2.45, 2.75) is 12.6 Å². The van der Waals surface area contributed by atoms with E-state index in [1.807, 2.05) is 30.3 Å².